The van der Waals surface area contributed by atoms with Gasteiger partial charge < -0.3 is 104 Å². The molecule has 1 aromatic heterocycles. The van der Waals surface area contributed by atoms with Gasteiger partial charge in [0.1, 0.15) is 103 Å². The summed E-state index contributed by atoms with van der Waals surface area (Å²) >= 11 is 0. The Hall–Kier alpha value is -6.46. The van der Waals surface area contributed by atoms with Gasteiger partial charge in [0.05, 0.1) is 25.3 Å². The van der Waals surface area contributed by atoms with E-state index >= 15 is 0 Å². The number of carbonyl (C=O) groups excluding carboxylic acids is 2. The van der Waals surface area contributed by atoms with Crippen LogP contribution in [0.3, 0.4) is 0 Å². The van der Waals surface area contributed by atoms with Crippen LogP contribution in [0.25, 0.3) is 28.4 Å². The Morgan fingerprint density at radius 3 is 2.04 bits per heavy atom. The van der Waals surface area contributed by atoms with E-state index in [-0.39, 0.29) is 51.0 Å². The molecule has 14 atom stereocenters. The highest BCUT2D eigenvalue weighted by Crippen LogP contribution is 2.43. The Labute approximate surface area is 394 Å². The van der Waals surface area contributed by atoms with Crippen LogP contribution >= 0.6 is 0 Å². The zero-order valence-corrected chi connectivity index (χ0v) is 36.5. The van der Waals surface area contributed by atoms with Crippen molar-refractivity contribution in [2.24, 2.45) is 0 Å². The predicted octanol–water partition coefficient (Wildman–Crippen LogP) is -1.38. The lowest BCUT2D eigenvalue weighted by atomic mass is 9.98. The van der Waals surface area contributed by atoms with Gasteiger partial charge in [0, 0.05) is 18.2 Å². The number of fused-ring (bicyclic) bond motifs is 1. The van der Waals surface area contributed by atoms with Crippen LogP contribution in [0.1, 0.15) is 12.0 Å². The topological polar surface area (TPSA) is 388 Å². The molecule has 25 nitrogen and oxygen atoms in total. The number of esters is 2. The van der Waals surface area contributed by atoms with E-state index in [1.165, 1.54) is 61.7 Å². The first-order valence-electron chi connectivity index (χ1n) is 21.2. The maximum Gasteiger partial charge on any atom is 0.402 e. The number of hydrogen-bond donors (Lipinski definition) is 12. The Morgan fingerprint density at radius 1 is 0.686 bits per heavy atom. The quantitative estimate of drug-likeness (QED) is 0.0266. The minimum atomic E-state index is -2.02. The lowest BCUT2D eigenvalue weighted by Crippen LogP contribution is -2.64. The van der Waals surface area contributed by atoms with Crippen molar-refractivity contribution in [3.63, 3.8) is 0 Å². The van der Waals surface area contributed by atoms with Crippen molar-refractivity contribution in [3.8, 4) is 45.8 Å². The van der Waals surface area contributed by atoms with Gasteiger partial charge in [-0.1, -0.05) is 6.07 Å². The molecule has 0 amide bonds. The summed E-state index contributed by atoms with van der Waals surface area (Å²) in [6.45, 7) is -2.06. The standard InChI is InChI=1S/C45H48O25/c1-61-27-10-18(2-8-23(27)48)3-9-32(52)62-16-30-36(56)38(58)42(70-43-39(59)34(54)24(49)15-64-43)45(69-30)67-28-13-22-25(65-41(28)19-4-6-20(46)7-5-19)11-21(47)12-26(22)66-44-40(60)37(57)35(55)29(68-44)17-63-33(53)14-31(50)51/h2-13,24,29-30,34-40,42-45,49,54-60H,14-17H2,1H3,(H3-,46,47,48,50,51,52)/p+1. The third-order valence-corrected chi connectivity index (χ3v) is 11.2. The summed E-state index contributed by atoms with van der Waals surface area (Å²) in [5.41, 5.74) is 0.478. The number of carbonyl (C=O) groups is 3. The van der Waals surface area contributed by atoms with Crippen LogP contribution in [0.2, 0.25) is 0 Å². The Bertz CT molecular complexity index is 2520. The SMILES string of the molecule is COc1cc(C=CC(=O)OCC2OC(Oc3cc4c(OC5OC(COC(=O)CC(=O)O)C(O)C(O)C5O)cc(O)cc4[o+]c3-c3ccc(O)cc3)C(OC3OCC(O)C(O)C3O)C(O)C2O)ccc1O. The molecule has 3 saturated heterocycles. The van der Waals surface area contributed by atoms with Crippen molar-refractivity contribution in [1.82, 2.24) is 0 Å². The number of aliphatic hydroxyl groups is 8. The minimum Gasteiger partial charge on any atom is -0.508 e. The molecule has 12 N–H and O–H groups in total. The van der Waals surface area contributed by atoms with E-state index < -0.39 is 136 Å². The second-order valence-electron chi connectivity index (χ2n) is 16.1. The zero-order chi connectivity index (χ0) is 50.6. The largest absolute Gasteiger partial charge is 0.508 e. The number of aliphatic hydroxyl groups excluding tert-OH is 8. The van der Waals surface area contributed by atoms with Gasteiger partial charge in [-0.2, -0.15) is 0 Å². The number of hydrogen-bond acceptors (Lipinski definition) is 23. The number of benzene rings is 3. The molecule has 3 fully saturated rings. The number of carboxylic acids is 1. The van der Waals surface area contributed by atoms with Crippen LogP contribution in [-0.4, -0.2) is 192 Å². The molecular weight excluding hydrogens is 940 g/mol. The maximum absolute atomic E-state index is 12.9. The summed E-state index contributed by atoms with van der Waals surface area (Å²) in [5, 5.41) is 126. The van der Waals surface area contributed by atoms with E-state index in [1.807, 2.05) is 0 Å². The van der Waals surface area contributed by atoms with E-state index in [4.69, 9.17) is 52.2 Å². The highest BCUT2D eigenvalue weighted by molar-refractivity contribution is 5.90. The van der Waals surface area contributed by atoms with Gasteiger partial charge in [-0.15, -0.1) is 0 Å². The average molecular weight is 990 g/mol. The number of ether oxygens (including phenoxy) is 9. The summed E-state index contributed by atoms with van der Waals surface area (Å²) < 4.78 is 56.8. The lowest BCUT2D eigenvalue weighted by Gasteiger charge is -2.44. The fourth-order valence-electron chi connectivity index (χ4n) is 7.43. The Balaban J connectivity index is 1.23. The van der Waals surface area contributed by atoms with Crippen LogP contribution in [0.5, 0.6) is 34.5 Å². The Morgan fingerprint density at radius 2 is 1.34 bits per heavy atom. The van der Waals surface area contributed by atoms with Gasteiger partial charge in [-0.25, -0.2) is 9.21 Å². The molecule has 0 saturated carbocycles. The highest BCUT2D eigenvalue weighted by Gasteiger charge is 2.51. The molecular formula is C45H49O25+. The van der Waals surface area contributed by atoms with Gasteiger partial charge in [0.15, 0.2) is 23.9 Å². The molecule has 3 aliphatic rings. The molecule has 70 heavy (non-hydrogen) atoms. The number of phenolic OH excluding ortho intramolecular Hbond substituents is 3. The molecule has 7 rings (SSSR count). The molecule has 14 unspecified atom stereocenters. The number of carboxylic acid groups (broad SMARTS) is 1. The third-order valence-electron chi connectivity index (χ3n) is 11.2. The van der Waals surface area contributed by atoms with Gasteiger partial charge in [0.25, 0.3) is 0 Å². The first-order valence-corrected chi connectivity index (χ1v) is 21.2. The normalized spacial score (nSPS) is 30.1. The number of phenols is 3. The average Bonchev–Trinajstić information content (AvgIpc) is 3.32. The predicted molar refractivity (Wildman–Crippen MR) is 228 cm³/mol. The van der Waals surface area contributed by atoms with E-state index in [0.717, 1.165) is 18.2 Å². The summed E-state index contributed by atoms with van der Waals surface area (Å²) in [4.78, 5) is 35.8. The van der Waals surface area contributed by atoms with Crippen LogP contribution in [0, 0.1) is 0 Å². The van der Waals surface area contributed by atoms with Gasteiger partial charge in [-0.05, 0) is 48.0 Å². The van der Waals surface area contributed by atoms with Crippen LogP contribution < -0.4 is 14.2 Å². The lowest BCUT2D eigenvalue weighted by molar-refractivity contribution is -0.345. The molecule has 3 aromatic carbocycles. The second-order valence-corrected chi connectivity index (χ2v) is 16.1. The summed E-state index contributed by atoms with van der Waals surface area (Å²) in [5.74, 6) is -5.17. The van der Waals surface area contributed by atoms with Crippen molar-refractivity contribution < 1.29 is 123 Å². The summed E-state index contributed by atoms with van der Waals surface area (Å²) in [7, 11) is 1.33. The van der Waals surface area contributed by atoms with Crippen molar-refractivity contribution >= 4 is 35.0 Å². The van der Waals surface area contributed by atoms with E-state index in [2.05, 4.69) is 0 Å². The van der Waals surface area contributed by atoms with Crippen LogP contribution in [-0.2, 0) is 42.8 Å². The van der Waals surface area contributed by atoms with E-state index in [0.29, 0.717) is 5.56 Å². The fourth-order valence-corrected chi connectivity index (χ4v) is 7.43. The maximum atomic E-state index is 12.9. The molecule has 4 aromatic rings. The van der Waals surface area contributed by atoms with Crippen molar-refractivity contribution in [2.45, 2.75) is 92.4 Å². The van der Waals surface area contributed by atoms with Gasteiger partial charge >= 0.3 is 29.3 Å². The number of aliphatic carboxylic acids is 1. The van der Waals surface area contributed by atoms with Gasteiger partial charge in [-0.3, -0.25) is 9.59 Å². The first kappa shape index (κ1) is 51.4. The second kappa shape index (κ2) is 22.1. The molecule has 0 aliphatic carbocycles. The van der Waals surface area contributed by atoms with Crippen LogP contribution in [0.15, 0.2) is 71.2 Å². The monoisotopic (exact) mass is 989 g/mol. The van der Waals surface area contributed by atoms with Crippen molar-refractivity contribution in [1.29, 1.82) is 0 Å². The smallest absolute Gasteiger partial charge is 0.402 e. The molecule has 25 heteroatoms. The first-order chi connectivity index (χ1) is 33.3. The molecule has 0 radical (unpaired) electrons. The molecule has 0 bridgehead atoms. The van der Waals surface area contributed by atoms with Crippen molar-refractivity contribution in [2.75, 3.05) is 26.9 Å². The molecule has 4 heterocycles. The number of rotatable bonds is 16. The third kappa shape index (κ3) is 11.8. The summed E-state index contributed by atoms with van der Waals surface area (Å²) in [6, 6.07) is 13.0. The molecule has 3 aliphatic heterocycles. The number of aromatic hydroxyl groups is 3. The van der Waals surface area contributed by atoms with E-state index in [1.54, 1.807) is 0 Å². The van der Waals surface area contributed by atoms with Gasteiger partial charge in [0.2, 0.25) is 18.3 Å². The minimum absolute atomic E-state index is 0.0864. The Kier molecular flexibility index (Phi) is 16.2. The number of methoxy groups -OCH3 is 1. The molecule has 0 spiro atoms. The highest BCUT2D eigenvalue weighted by atomic mass is 16.8. The zero-order valence-electron chi connectivity index (χ0n) is 36.5. The molecule has 378 valence electrons. The van der Waals surface area contributed by atoms with Crippen molar-refractivity contribution in [3.05, 3.63) is 72.3 Å². The van der Waals surface area contributed by atoms with E-state index in [9.17, 15) is 70.6 Å². The summed E-state index contributed by atoms with van der Waals surface area (Å²) in [6.07, 6.45) is -24.3. The fraction of sp³-hybridized carbons (Fsp3) is 0.422. The van der Waals surface area contributed by atoms with Crippen LogP contribution in [0.4, 0.5) is 0 Å².